The van der Waals surface area contributed by atoms with E-state index in [1.54, 1.807) is 11.8 Å². The second-order valence-electron chi connectivity index (χ2n) is 4.82. The average molecular weight is 307 g/mol. The van der Waals surface area contributed by atoms with Gasteiger partial charge in [-0.3, -0.25) is 0 Å². The largest absolute Gasteiger partial charge is 0.387 e. The Morgan fingerprint density at radius 2 is 1.65 bits per heavy atom. The molecular weight excluding hydrogens is 288 g/mol. The van der Waals surface area contributed by atoms with Crippen LogP contribution in [-0.4, -0.2) is 10.4 Å². The van der Waals surface area contributed by atoms with E-state index in [1.165, 1.54) is 5.56 Å². The fraction of sp³-hybridized carbons (Fsp3) is 0.294. The highest BCUT2D eigenvalue weighted by molar-refractivity contribution is 8.00. The van der Waals surface area contributed by atoms with Gasteiger partial charge in [0.1, 0.15) is 0 Å². The maximum Gasteiger partial charge on any atom is 0.0909 e. The Hall–Kier alpha value is -0.960. The van der Waals surface area contributed by atoms with Crippen molar-refractivity contribution in [3.05, 3.63) is 64.7 Å². The number of benzene rings is 2. The molecule has 0 heterocycles. The molecule has 106 valence electrons. The Labute approximate surface area is 130 Å². The van der Waals surface area contributed by atoms with Crippen molar-refractivity contribution in [3.8, 4) is 0 Å². The minimum Gasteiger partial charge on any atom is -0.387 e. The maximum absolute atomic E-state index is 10.4. The van der Waals surface area contributed by atoms with Gasteiger partial charge in [-0.2, -0.15) is 0 Å². The smallest absolute Gasteiger partial charge is 0.0909 e. The van der Waals surface area contributed by atoms with Gasteiger partial charge in [0.2, 0.25) is 0 Å². The van der Waals surface area contributed by atoms with Crippen LogP contribution < -0.4 is 0 Å². The molecule has 2 aromatic rings. The van der Waals surface area contributed by atoms with Crippen molar-refractivity contribution >= 4 is 23.4 Å². The molecule has 0 amide bonds. The second-order valence-corrected chi connectivity index (χ2v) is 6.70. The lowest BCUT2D eigenvalue weighted by molar-refractivity contribution is 0.179. The standard InChI is InChI=1S/C17H19ClOS/c1-3-13-4-6-14(7-5-13)17(19)12(2)20-16-10-8-15(18)9-11-16/h4-12,17,19H,3H2,1-2H3/t12-,17+/m0/s1. The number of halogens is 1. The van der Waals surface area contributed by atoms with Crippen molar-refractivity contribution in [3.63, 3.8) is 0 Å². The Morgan fingerprint density at radius 3 is 2.20 bits per heavy atom. The first-order valence-electron chi connectivity index (χ1n) is 6.79. The Balaban J connectivity index is 2.03. The van der Waals surface area contributed by atoms with Crippen molar-refractivity contribution in [2.24, 2.45) is 0 Å². The van der Waals surface area contributed by atoms with Crippen molar-refractivity contribution in [1.29, 1.82) is 0 Å². The van der Waals surface area contributed by atoms with E-state index < -0.39 is 6.10 Å². The zero-order valence-electron chi connectivity index (χ0n) is 11.7. The first-order chi connectivity index (χ1) is 9.60. The Kier molecular flexibility index (Phi) is 5.53. The molecule has 0 aliphatic carbocycles. The molecule has 2 atom stereocenters. The highest BCUT2D eigenvalue weighted by atomic mass is 35.5. The zero-order chi connectivity index (χ0) is 14.5. The second kappa shape index (κ2) is 7.16. The summed E-state index contributed by atoms with van der Waals surface area (Å²) in [6.45, 7) is 4.17. The van der Waals surface area contributed by atoms with Gasteiger partial charge in [-0.15, -0.1) is 11.8 Å². The Bertz CT molecular complexity index is 536. The monoisotopic (exact) mass is 306 g/mol. The van der Waals surface area contributed by atoms with Crippen LogP contribution >= 0.6 is 23.4 Å². The third-order valence-corrected chi connectivity index (χ3v) is 4.74. The van der Waals surface area contributed by atoms with Crippen LogP contribution in [0.2, 0.25) is 5.02 Å². The lowest BCUT2D eigenvalue weighted by Crippen LogP contribution is -2.11. The topological polar surface area (TPSA) is 20.2 Å². The van der Waals surface area contributed by atoms with Gasteiger partial charge in [0.05, 0.1) is 6.10 Å². The number of aryl methyl sites for hydroxylation is 1. The summed E-state index contributed by atoms with van der Waals surface area (Å²) in [5.74, 6) is 0. The SMILES string of the molecule is CCc1ccc([C@H](O)[C@H](C)Sc2ccc(Cl)cc2)cc1. The molecule has 0 aliphatic heterocycles. The van der Waals surface area contributed by atoms with E-state index in [1.807, 2.05) is 43.3 Å². The molecule has 2 aromatic carbocycles. The third kappa shape index (κ3) is 4.02. The van der Waals surface area contributed by atoms with Gasteiger partial charge in [0.15, 0.2) is 0 Å². The van der Waals surface area contributed by atoms with Crippen LogP contribution in [0, 0.1) is 0 Å². The van der Waals surface area contributed by atoms with Crippen LogP contribution in [0.5, 0.6) is 0 Å². The summed E-state index contributed by atoms with van der Waals surface area (Å²) in [5.41, 5.74) is 2.26. The molecule has 2 rings (SSSR count). The van der Waals surface area contributed by atoms with Crippen LogP contribution in [0.15, 0.2) is 53.4 Å². The molecule has 0 fully saturated rings. The van der Waals surface area contributed by atoms with Gasteiger partial charge < -0.3 is 5.11 Å². The summed E-state index contributed by atoms with van der Waals surface area (Å²) >= 11 is 7.53. The number of hydrogen-bond acceptors (Lipinski definition) is 2. The quantitative estimate of drug-likeness (QED) is 0.774. The number of aliphatic hydroxyl groups excluding tert-OH is 1. The Morgan fingerprint density at radius 1 is 1.05 bits per heavy atom. The molecule has 0 saturated carbocycles. The predicted molar refractivity (Wildman–Crippen MR) is 87.6 cm³/mol. The molecule has 0 saturated heterocycles. The molecule has 1 N–H and O–H groups in total. The molecule has 0 aromatic heterocycles. The fourth-order valence-corrected chi connectivity index (χ4v) is 3.15. The highest BCUT2D eigenvalue weighted by Crippen LogP contribution is 2.32. The molecule has 0 unspecified atom stereocenters. The summed E-state index contributed by atoms with van der Waals surface area (Å²) < 4.78 is 0. The minimum absolute atomic E-state index is 0.0867. The number of rotatable bonds is 5. The first kappa shape index (κ1) is 15.4. The molecular formula is C17H19ClOS. The van der Waals surface area contributed by atoms with Crippen LogP contribution in [-0.2, 0) is 6.42 Å². The average Bonchev–Trinajstić information content (AvgIpc) is 2.49. The van der Waals surface area contributed by atoms with Gasteiger partial charge >= 0.3 is 0 Å². The first-order valence-corrected chi connectivity index (χ1v) is 8.05. The molecule has 0 aliphatic rings. The molecule has 0 bridgehead atoms. The van der Waals surface area contributed by atoms with Gasteiger partial charge in [0.25, 0.3) is 0 Å². The van der Waals surface area contributed by atoms with Crippen LogP contribution in [0.4, 0.5) is 0 Å². The van der Waals surface area contributed by atoms with E-state index in [0.717, 1.165) is 21.9 Å². The minimum atomic E-state index is -0.471. The molecule has 1 nitrogen and oxygen atoms in total. The van der Waals surface area contributed by atoms with Crippen molar-refractivity contribution < 1.29 is 5.11 Å². The third-order valence-electron chi connectivity index (χ3n) is 3.31. The van der Waals surface area contributed by atoms with Crippen molar-refractivity contribution in [2.75, 3.05) is 0 Å². The summed E-state index contributed by atoms with van der Waals surface area (Å²) in [4.78, 5) is 1.12. The van der Waals surface area contributed by atoms with Crippen molar-refractivity contribution in [1.82, 2.24) is 0 Å². The number of aliphatic hydroxyl groups is 1. The number of thioether (sulfide) groups is 1. The molecule has 20 heavy (non-hydrogen) atoms. The van der Waals surface area contributed by atoms with Gasteiger partial charge in [-0.05, 0) is 41.8 Å². The van der Waals surface area contributed by atoms with E-state index in [4.69, 9.17) is 11.6 Å². The lowest BCUT2D eigenvalue weighted by atomic mass is 10.0. The predicted octanol–water partition coefficient (Wildman–Crippen LogP) is 5.12. The van der Waals surface area contributed by atoms with Gasteiger partial charge in [-0.25, -0.2) is 0 Å². The van der Waals surface area contributed by atoms with Crippen molar-refractivity contribution in [2.45, 2.75) is 36.5 Å². The van der Waals surface area contributed by atoms with E-state index in [0.29, 0.717) is 0 Å². The van der Waals surface area contributed by atoms with E-state index in [-0.39, 0.29) is 5.25 Å². The molecule has 0 spiro atoms. The maximum atomic E-state index is 10.4. The van der Waals surface area contributed by atoms with Crippen LogP contribution in [0.3, 0.4) is 0 Å². The summed E-state index contributed by atoms with van der Waals surface area (Å²) in [6.07, 6.45) is 0.549. The van der Waals surface area contributed by atoms with E-state index >= 15 is 0 Å². The molecule has 0 radical (unpaired) electrons. The summed E-state index contributed by atoms with van der Waals surface area (Å²) in [6, 6.07) is 15.9. The molecule has 3 heteroatoms. The van der Waals surface area contributed by atoms with E-state index in [9.17, 15) is 5.11 Å². The normalized spacial score (nSPS) is 14.0. The summed E-state index contributed by atoms with van der Waals surface area (Å²) in [7, 11) is 0. The van der Waals surface area contributed by atoms with Gasteiger partial charge in [0, 0.05) is 15.2 Å². The van der Waals surface area contributed by atoms with Crippen LogP contribution in [0.1, 0.15) is 31.1 Å². The van der Waals surface area contributed by atoms with Gasteiger partial charge in [-0.1, -0.05) is 49.7 Å². The fourth-order valence-electron chi connectivity index (χ4n) is 2.01. The highest BCUT2D eigenvalue weighted by Gasteiger charge is 2.17. The number of hydrogen-bond donors (Lipinski definition) is 1. The van der Waals surface area contributed by atoms with Crippen LogP contribution in [0.25, 0.3) is 0 Å². The summed E-state index contributed by atoms with van der Waals surface area (Å²) in [5, 5.41) is 11.2. The zero-order valence-corrected chi connectivity index (χ0v) is 13.3. The van der Waals surface area contributed by atoms with E-state index in [2.05, 4.69) is 19.1 Å². The lowest BCUT2D eigenvalue weighted by Gasteiger charge is -2.19.